The molecule has 2 aliphatic rings. The van der Waals surface area contributed by atoms with Crippen molar-refractivity contribution in [3.05, 3.63) is 23.5 Å². The van der Waals surface area contributed by atoms with E-state index in [0.717, 1.165) is 35.9 Å². The van der Waals surface area contributed by atoms with Gasteiger partial charge in [0.1, 0.15) is 0 Å². The number of fused-ring (bicyclic) bond motifs is 1. The first-order valence-corrected chi connectivity index (χ1v) is 5.20. The van der Waals surface area contributed by atoms with Crippen LogP contribution in [0.2, 0.25) is 0 Å². The van der Waals surface area contributed by atoms with Crippen LogP contribution in [0, 0.1) is 11.8 Å². The molecule has 1 N–H and O–H groups in total. The third-order valence-electron chi connectivity index (χ3n) is 3.35. The highest BCUT2D eigenvalue weighted by Crippen LogP contribution is 2.45. The molecule has 3 nitrogen and oxygen atoms in total. The molecule has 1 aliphatic carbocycles. The molecule has 1 aromatic rings. The number of nitrogens with one attached hydrogen (secondary N) is 1. The van der Waals surface area contributed by atoms with E-state index in [1.165, 1.54) is 19.5 Å². The SMILES string of the molecule is O=Cc1c[nH]c(CN2CC3C[C@@H]3C2)c1. The van der Waals surface area contributed by atoms with Gasteiger partial charge in [-0.25, -0.2) is 0 Å². The lowest BCUT2D eigenvalue weighted by atomic mass is 10.3. The van der Waals surface area contributed by atoms with Crippen molar-refractivity contribution in [2.75, 3.05) is 13.1 Å². The number of H-pyrrole nitrogens is 1. The summed E-state index contributed by atoms with van der Waals surface area (Å²) in [7, 11) is 0. The number of aromatic amines is 1. The van der Waals surface area contributed by atoms with Gasteiger partial charge in [-0.05, 0) is 24.3 Å². The zero-order valence-corrected chi connectivity index (χ0v) is 8.07. The van der Waals surface area contributed by atoms with E-state index in [4.69, 9.17) is 0 Å². The van der Waals surface area contributed by atoms with Crippen molar-refractivity contribution in [3.8, 4) is 0 Å². The molecule has 1 unspecified atom stereocenters. The van der Waals surface area contributed by atoms with E-state index in [2.05, 4.69) is 9.88 Å². The molecule has 0 amide bonds. The van der Waals surface area contributed by atoms with Gasteiger partial charge in [0, 0.05) is 37.1 Å². The van der Waals surface area contributed by atoms with Gasteiger partial charge in [-0.1, -0.05) is 0 Å². The summed E-state index contributed by atoms with van der Waals surface area (Å²) in [5.41, 5.74) is 1.91. The zero-order chi connectivity index (χ0) is 9.54. The summed E-state index contributed by atoms with van der Waals surface area (Å²) < 4.78 is 0. The first kappa shape index (κ1) is 8.24. The second-order valence-corrected chi connectivity index (χ2v) is 4.53. The van der Waals surface area contributed by atoms with Crippen LogP contribution in [-0.2, 0) is 6.54 Å². The van der Waals surface area contributed by atoms with E-state index < -0.39 is 0 Å². The molecule has 2 fully saturated rings. The average Bonchev–Trinajstić information content (AvgIpc) is 2.66. The van der Waals surface area contributed by atoms with Crippen molar-refractivity contribution in [1.29, 1.82) is 0 Å². The number of rotatable bonds is 3. The zero-order valence-electron chi connectivity index (χ0n) is 8.07. The average molecular weight is 190 g/mol. The molecular weight excluding hydrogens is 176 g/mol. The van der Waals surface area contributed by atoms with Crippen molar-refractivity contribution in [3.63, 3.8) is 0 Å². The number of hydrogen-bond acceptors (Lipinski definition) is 2. The third kappa shape index (κ3) is 1.38. The van der Waals surface area contributed by atoms with Gasteiger partial charge in [0.05, 0.1) is 0 Å². The lowest BCUT2D eigenvalue weighted by Gasteiger charge is -2.15. The van der Waals surface area contributed by atoms with Gasteiger partial charge in [-0.15, -0.1) is 0 Å². The predicted octanol–water partition coefficient (Wildman–Crippen LogP) is 1.28. The monoisotopic (exact) mass is 190 g/mol. The largest absolute Gasteiger partial charge is 0.363 e. The minimum Gasteiger partial charge on any atom is -0.363 e. The Hall–Kier alpha value is -1.09. The second kappa shape index (κ2) is 2.95. The van der Waals surface area contributed by atoms with Crippen LogP contribution in [-0.4, -0.2) is 29.3 Å². The van der Waals surface area contributed by atoms with Crippen LogP contribution >= 0.6 is 0 Å². The number of likely N-dealkylation sites (tertiary alicyclic amines) is 1. The second-order valence-electron chi connectivity index (χ2n) is 4.53. The number of aldehydes is 1. The summed E-state index contributed by atoms with van der Waals surface area (Å²) in [5.74, 6) is 1.96. The Bertz CT molecular complexity index is 348. The van der Waals surface area contributed by atoms with E-state index >= 15 is 0 Å². The molecule has 2 heterocycles. The quantitative estimate of drug-likeness (QED) is 0.729. The topological polar surface area (TPSA) is 36.1 Å². The fourth-order valence-electron chi connectivity index (χ4n) is 2.49. The van der Waals surface area contributed by atoms with Crippen molar-refractivity contribution in [2.24, 2.45) is 11.8 Å². The van der Waals surface area contributed by atoms with Crippen molar-refractivity contribution < 1.29 is 4.79 Å². The minimum atomic E-state index is 0.754. The Morgan fingerprint density at radius 1 is 1.50 bits per heavy atom. The molecule has 0 spiro atoms. The molecule has 1 saturated carbocycles. The number of aromatic nitrogens is 1. The Balaban J connectivity index is 1.63. The maximum absolute atomic E-state index is 10.5. The summed E-state index contributed by atoms with van der Waals surface area (Å²) in [4.78, 5) is 16.1. The summed E-state index contributed by atoms with van der Waals surface area (Å²) in [6, 6.07) is 1.94. The first-order valence-electron chi connectivity index (χ1n) is 5.20. The van der Waals surface area contributed by atoms with Crippen molar-refractivity contribution in [2.45, 2.75) is 13.0 Å². The predicted molar refractivity (Wildman–Crippen MR) is 53.1 cm³/mol. The summed E-state index contributed by atoms with van der Waals surface area (Å²) in [6.07, 6.45) is 4.11. The van der Waals surface area contributed by atoms with E-state index in [1.807, 2.05) is 6.07 Å². The van der Waals surface area contributed by atoms with Crippen LogP contribution in [0.15, 0.2) is 12.3 Å². The van der Waals surface area contributed by atoms with Gasteiger partial charge in [0.25, 0.3) is 0 Å². The molecule has 3 rings (SSSR count). The Morgan fingerprint density at radius 3 is 2.93 bits per heavy atom. The van der Waals surface area contributed by atoms with Gasteiger partial charge in [-0.2, -0.15) is 0 Å². The van der Waals surface area contributed by atoms with Crippen LogP contribution < -0.4 is 0 Å². The van der Waals surface area contributed by atoms with Crippen molar-refractivity contribution >= 4 is 6.29 Å². The number of nitrogens with zero attached hydrogens (tertiary/aromatic N) is 1. The van der Waals surface area contributed by atoms with E-state index in [9.17, 15) is 4.79 Å². The normalized spacial score (nSPS) is 30.3. The van der Waals surface area contributed by atoms with Crippen molar-refractivity contribution in [1.82, 2.24) is 9.88 Å². The fraction of sp³-hybridized carbons (Fsp3) is 0.545. The maximum atomic E-state index is 10.5. The smallest absolute Gasteiger partial charge is 0.151 e. The maximum Gasteiger partial charge on any atom is 0.151 e. The van der Waals surface area contributed by atoms with Crippen LogP contribution in [0.4, 0.5) is 0 Å². The highest BCUT2D eigenvalue weighted by Gasteiger charge is 2.44. The molecule has 2 atom stereocenters. The standard InChI is InChI=1S/C11H14N2O/c14-7-8-1-11(12-3-8)6-13-4-9-2-10(9)5-13/h1,3,7,9-10,12H,2,4-6H2/t9-,10?/m1/s1. The summed E-state index contributed by atoms with van der Waals surface area (Å²) in [5, 5.41) is 0. The third-order valence-corrected chi connectivity index (χ3v) is 3.35. The highest BCUT2D eigenvalue weighted by atomic mass is 16.1. The number of hydrogen-bond donors (Lipinski definition) is 1. The van der Waals surface area contributed by atoms with Gasteiger partial charge in [-0.3, -0.25) is 9.69 Å². The Morgan fingerprint density at radius 2 is 2.29 bits per heavy atom. The lowest BCUT2D eigenvalue weighted by molar-refractivity contribution is 0.112. The number of carbonyl (C=O) groups excluding carboxylic acids is 1. The molecule has 74 valence electrons. The molecule has 14 heavy (non-hydrogen) atoms. The summed E-state index contributed by atoms with van der Waals surface area (Å²) >= 11 is 0. The molecule has 0 radical (unpaired) electrons. The number of carbonyl (C=O) groups is 1. The van der Waals surface area contributed by atoms with E-state index in [1.54, 1.807) is 6.20 Å². The van der Waals surface area contributed by atoms with E-state index in [0.29, 0.717) is 0 Å². The molecule has 1 aliphatic heterocycles. The van der Waals surface area contributed by atoms with Crippen LogP contribution in [0.3, 0.4) is 0 Å². The van der Waals surface area contributed by atoms with Gasteiger partial charge < -0.3 is 4.98 Å². The molecular formula is C11H14N2O. The Kier molecular flexibility index (Phi) is 1.74. The van der Waals surface area contributed by atoms with Crippen LogP contribution in [0.25, 0.3) is 0 Å². The molecule has 0 bridgehead atoms. The van der Waals surface area contributed by atoms with E-state index in [-0.39, 0.29) is 0 Å². The molecule has 3 heteroatoms. The van der Waals surface area contributed by atoms with Crippen LogP contribution in [0.5, 0.6) is 0 Å². The molecule has 0 aromatic carbocycles. The van der Waals surface area contributed by atoms with Gasteiger partial charge in [0.2, 0.25) is 0 Å². The molecule has 1 aromatic heterocycles. The minimum absolute atomic E-state index is 0.754. The summed E-state index contributed by atoms with van der Waals surface area (Å²) in [6.45, 7) is 3.47. The first-order chi connectivity index (χ1) is 6.85. The highest BCUT2D eigenvalue weighted by molar-refractivity contribution is 5.74. The van der Waals surface area contributed by atoms with Crippen LogP contribution in [0.1, 0.15) is 22.5 Å². The number of piperidine rings is 1. The van der Waals surface area contributed by atoms with Gasteiger partial charge in [0.15, 0.2) is 6.29 Å². The fourth-order valence-corrected chi connectivity index (χ4v) is 2.49. The molecule has 1 saturated heterocycles. The van der Waals surface area contributed by atoms with Gasteiger partial charge >= 0.3 is 0 Å². The Labute approximate surface area is 83.1 Å². The lowest BCUT2D eigenvalue weighted by Crippen LogP contribution is -2.22.